The Kier molecular flexibility index (Phi) is 6.07. The third-order valence-electron chi connectivity index (χ3n) is 5.81. The second-order valence-corrected chi connectivity index (χ2v) is 7.75. The van der Waals surface area contributed by atoms with Crippen LogP contribution < -0.4 is 0 Å². The summed E-state index contributed by atoms with van der Waals surface area (Å²) in [6.45, 7) is 4.64. The minimum Gasteiger partial charge on any atom is -0.393 e. The van der Waals surface area contributed by atoms with Crippen molar-refractivity contribution >= 4 is 5.78 Å². The van der Waals surface area contributed by atoms with Gasteiger partial charge in [-0.1, -0.05) is 50.5 Å². The first-order chi connectivity index (χ1) is 11.6. The van der Waals surface area contributed by atoms with Crippen LogP contribution in [0.15, 0.2) is 24.3 Å². The van der Waals surface area contributed by atoms with Gasteiger partial charge in [-0.25, -0.2) is 0 Å². The summed E-state index contributed by atoms with van der Waals surface area (Å²) in [6, 6.07) is 8.41. The Labute approximate surface area is 146 Å². The second kappa shape index (κ2) is 8.26. The molecule has 3 rings (SSSR count). The number of rotatable bonds is 5. The molecule has 1 aliphatic heterocycles. The number of piperidine rings is 1. The smallest absolute Gasteiger partial charge is 0.166 e. The van der Waals surface area contributed by atoms with Crippen molar-refractivity contribution < 1.29 is 9.90 Å². The van der Waals surface area contributed by atoms with E-state index in [4.69, 9.17) is 0 Å². The normalized spacial score (nSPS) is 22.4. The number of nitrogens with zero attached hydrogens (tertiary/aromatic N) is 1. The predicted octanol–water partition coefficient (Wildman–Crippen LogP) is 4.01. The van der Waals surface area contributed by atoms with Gasteiger partial charge in [0.1, 0.15) is 0 Å². The number of hydrogen-bond donors (Lipinski definition) is 1. The van der Waals surface area contributed by atoms with E-state index < -0.39 is 0 Å². The molecule has 1 N–H and O–H groups in total. The van der Waals surface area contributed by atoms with E-state index in [2.05, 4.69) is 17.0 Å². The van der Waals surface area contributed by atoms with Gasteiger partial charge in [0.05, 0.1) is 6.10 Å². The molecule has 3 heteroatoms. The van der Waals surface area contributed by atoms with Gasteiger partial charge in [-0.05, 0) is 37.2 Å². The first kappa shape index (κ1) is 17.6. The molecule has 0 radical (unpaired) electrons. The molecule has 2 fully saturated rings. The van der Waals surface area contributed by atoms with Crippen LogP contribution in [0.25, 0.3) is 0 Å². The highest BCUT2D eigenvalue weighted by atomic mass is 16.3. The average Bonchev–Trinajstić information content (AvgIpc) is 2.64. The van der Waals surface area contributed by atoms with E-state index in [1.807, 2.05) is 19.1 Å². The summed E-state index contributed by atoms with van der Waals surface area (Å²) in [7, 11) is 0. The molecule has 0 amide bonds. The highest BCUT2D eigenvalue weighted by Gasteiger charge is 2.23. The molecule has 1 atom stereocenters. The summed E-state index contributed by atoms with van der Waals surface area (Å²) in [4.78, 5) is 15.0. The Morgan fingerprint density at radius 3 is 2.33 bits per heavy atom. The van der Waals surface area contributed by atoms with Gasteiger partial charge in [0.2, 0.25) is 0 Å². The fourth-order valence-corrected chi connectivity index (χ4v) is 4.21. The van der Waals surface area contributed by atoms with Gasteiger partial charge in [-0.2, -0.15) is 0 Å². The van der Waals surface area contributed by atoms with Gasteiger partial charge in [-0.15, -0.1) is 0 Å². The largest absolute Gasteiger partial charge is 0.393 e. The van der Waals surface area contributed by atoms with Crippen LogP contribution in [0.4, 0.5) is 0 Å². The molecule has 1 aromatic rings. The topological polar surface area (TPSA) is 40.5 Å². The maximum Gasteiger partial charge on any atom is 0.166 e. The van der Waals surface area contributed by atoms with Crippen molar-refractivity contribution in [2.24, 2.45) is 5.92 Å². The van der Waals surface area contributed by atoms with Crippen LogP contribution >= 0.6 is 0 Å². The van der Waals surface area contributed by atoms with Crippen molar-refractivity contribution in [1.29, 1.82) is 0 Å². The summed E-state index contributed by atoms with van der Waals surface area (Å²) < 4.78 is 0. The number of carbonyl (C=O) groups is 1. The van der Waals surface area contributed by atoms with Crippen LogP contribution in [0, 0.1) is 5.92 Å². The molecule has 1 saturated carbocycles. The molecule has 0 aromatic heterocycles. The highest BCUT2D eigenvalue weighted by Crippen LogP contribution is 2.32. The number of ketones is 1. The molecule has 24 heavy (non-hydrogen) atoms. The average molecular weight is 329 g/mol. The van der Waals surface area contributed by atoms with E-state index in [-0.39, 0.29) is 17.8 Å². The molecule has 2 aliphatic rings. The van der Waals surface area contributed by atoms with Crippen LogP contribution in [-0.4, -0.2) is 41.5 Å². The molecule has 0 bridgehead atoms. The third-order valence-corrected chi connectivity index (χ3v) is 5.81. The van der Waals surface area contributed by atoms with E-state index in [1.54, 1.807) is 0 Å². The van der Waals surface area contributed by atoms with Crippen molar-refractivity contribution in [3.8, 4) is 0 Å². The maximum atomic E-state index is 12.7. The van der Waals surface area contributed by atoms with Gasteiger partial charge in [-0.3, -0.25) is 4.79 Å². The molecular weight excluding hydrogens is 298 g/mol. The maximum absolute atomic E-state index is 12.7. The van der Waals surface area contributed by atoms with E-state index in [0.717, 1.165) is 38.0 Å². The van der Waals surface area contributed by atoms with E-state index in [0.29, 0.717) is 5.92 Å². The molecule has 1 aromatic carbocycles. The van der Waals surface area contributed by atoms with Crippen molar-refractivity contribution in [2.75, 3.05) is 19.6 Å². The Morgan fingerprint density at radius 1 is 1.08 bits per heavy atom. The lowest BCUT2D eigenvalue weighted by Crippen LogP contribution is -2.39. The van der Waals surface area contributed by atoms with Crippen molar-refractivity contribution in [2.45, 2.75) is 63.9 Å². The monoisotopic (exact) mass is 329 g/mol. The third kappa shape index (κ3) is 4.46. The summed E-state index contributed by atoms with van der Waals surface area (Å²) in [5.74, 6) is 0.956. The van der Waals surface area contributed by atoms with Gasteiger partial charge >= 0.3 is 0 Å². The molecule has 3 nitrogen and oxygen atoms in total. The summed E-state index contributed by atoms with van der Waals surface area (Å²) in [5.41, 5.74) is 2.25. The number of Topliss-reactive ketones (excluding diaryl/α,β-unsaturated/α-hetero) is 1. The molecule has 1 aliphatic carbocycles. The number of aliphatic hydroxyl groups is 1. The first-order valence-electron chi connectivity index (χ1n) is 9.68. The fourth-order valence-electron chi connectivity index (χ4n) is 4.21. The number of likely N-dealkylation sites (tertiary alicyclic amines) is 1. The van der Waals surface area contributed by atoms with E-state index >= 15 is 0 Å². The quantitative estimate of drug-likeness (QED) is 0.830. The van der Waals surface area contributed by atoms with Crippen LogP contribution in [0.1, 0.15) is 73.7 Å². The minimum absolute atomic E-state index is 0.0146. The lowest BCUT2D eigenvalue weighted by Gasteiger charge is -2.31. The zero-order valence-electron chi connectivity index (χ0n) is 14.9. The lowest BCUT2D eigenvalue weighted by molar-refractivity contribution is 0.0694. The molecule has 0 spiro atoms. The van der Waals surface area contributed by atoms with Gasteiger partial charge in [0.25, 0.3) is 0 Å². The summed E-state index contributed by atoms with van der Waals surface area (Å²) in [5, 5.41) is 9.59. The standard InChI is InChI=1S/C21H31NO2/c1-16(15-22-13-11-20(23)12-14-22)21(24)19-9-7-18(8-10-19)17-5-3-2-4-6-17/h7-10,16-17,20,23H,2-6,11-15H2,1H3. The fraction of sp³-hybridized carbons (Fsp3) is 0.667. The van der Waals surface area contributed by atoms with Crippen molar-refractivity contribution in [3.05, 3.63) is 35.4 Å². The molecular formula is C21H31NO2. The number of benzene rings is 1. The van der Waals surface area contributed by atoms with Gasteiger partial charge < -0.3 is 10.0 Å². The Morgan fingerprint density at radius 2 is 1.71 bits per heavy atom. The predicted molar refractivity (Wildman–Crippen MR) is 97.4 cm³/mol. The van der Waals surface area contributed by atoms with Crippen LogP contribution in [0.5, 0.6) is 0 Å². The first-order valence-corrected chi connectivity index (χ1v) is 9.68. The van der Waals surface area contributed by atoms with Gasteiger partial charge in [0.15, 0.2) is 5.78 Å². The lowest BCUT2D eigenvalue weighted by atomic mass is 9.83. The Hall–Kier alpha value is -1.19. The second-order valence-electron chi connectivity index (χ2n) is 7.75. The highest BCUT2D eigenvalue weighted by molar-refractivity contribution is 5.97. The summed E-state index contributed by atoms with van der Waals surface area (Å²) in [6.07, 6.45) is 8.15. The molecule has 1 unspecified atom stereocenters. The molecule has 132 valence electrons. The Balaban J connectivity index is 1.55. The Bertz CT molecular complexity index is 525. The molecule has 1 saturated heterocycles. The SMILES string of the molecule is CC(CN1CCC(O)CC1)C(=O)c1ccc(C2CCCCC2)cc1. The summed E-state index contributed by atoms with van der Waals surface area (Å²) >= 11 is 0. The zero-order chi connectivity index (χ0) is 16.9. The van der Waals surface area contributed by atoms with E-state index in [1.165, 1.54) is 37.7 Å². The number of hydrogen-bond acceptors (Lipinski definition) is 3. The zero-order valence-corrected chi connectivity index (χ0v) is 14.9. The molecule has 1 heterocycles. The number of aliphatic hydroxyl groups excluding tert-OH is 1. The minimum atomic E-state index is -0.153. The van der Waals surface area contributed by atoms with Crippen LogP contribution in [0.2, 0.25) is 0 Å². The van der Waals surface area contributed by atoms with Gasteiger partial charge in [0, 0.05) is 31.1 Å². The van der Waals surface area contributed by atoms with Crippen molar-refractivity contribution in [1.82, 2.24) is 4.90 Å². The van der Waals surface area contributed by atoms with Crippen molar-refractivity contribution in [3.63, 3.8) is 0 Å². The number of carbonyl (C=O) groups excluding carboxylic acids is 1. The van der Waals surface area contributed by atoms with Crippen LogP contribution in [0.3, 0.4) is 0 Å². The van der Waals surface area contributed by atoms with Crippen LogP contribution in [-0.2, 0) is 0 Å². The van der Waals surface area contributed by atoms with E-state index in [9.17, 15) is 9.90 Å².